The molecular formula is C18H22N3O11P. The molecule has 1 saturated heterocycles. The third-order valence-electron chi connectivity index (χ3n) is 4.78. The van der Waals surface area contributed by atoms with Crippen LogP contribution < -0.4 is 21.5 Å². The molecule has 1 aliphatic rings. The molecular weight excluding hydrogens is 465 g/mol. The van der Waals surface area contributed by atoms with Crippen molar-refractivity contribution >= 4 is 13.8 Å². The molecule has 1 aliphatic heterocycles. The Labute approximate surface area is 185 Å². The Morgan fingerprint density at radius 1 is 1.21 bits per heavy atom. The Hall–Kier alpha value is -2.84. The number of ether oxygens (including phenoxy) is 1. The first-order valence-electron chi connectivity index (χ1n) is 9.54. The Morgan fingerprint density at radius 2 is 1.88 bits per heavy atom. The van der Waals surface area contributed by atoms with Crippen molar-refractivity contribution in [2.45, 2.75) is 37.0 Å². The summed E-state index contributed by atoms with van der Waals surface area (Å²) >= 11 is 0. The van der Waals surface area contributed by atoms with Crippen LogP contribution in [0.5, 0.6) is 5.75 Å². The van der Waals surface area contributed by atoms with Gasteiger partial charge in [-0.15, -0.1) is 0 Å². The number of aliphatic hydroxyl groups is 2. The number of rotatable bonds is 9. The predicted octanol–water partition coefficient (Wildman–Crippen LogP) is -1.69. The number of benzene rings is 1. The molecule has 0 radical (unpaired) electrons. The van der Waals surface area contributed by atoms with Crippen LogP contribution in [-0.2, 0) is 25.0 Å². The van der Waals surface area contributed by atoms with Gasteiger partial charge >= 0.3 is 19.5 Å². The molecule has 0 amide bonds. The molecule has 1 fully saturated rings. The quantitative estimate of drug-likeness (QED) is 0.218. The number of carbonyl (C=O) groups is 1. The molecule has 2 heterocycles. The lowest BCUT2D eigenvalue weighted by molar-refractivity contribution is -0.138. The van der Waals surface area contributed by atoms with Gasteiger partial charge in [-0.3, -0.25) is 28.6 Å². The van der Waals surface area contributed by atoms with Crippen molar-refractivity contribution in [1.82, 2.24) is 9.55 Å². The van der Waals surface area contributed by atoms with E-state index >= 15 is 0 Å². The van der Waals surface area contributed by atoms with E-state index < -0.39 is 62.2 Å². The molecule has 3 rings (SSSR count). The molecule has 2 aromatic rings. The standard InChI is InChI=1S/C18H22N3O11P/c19-11(17(25)26)7-9-1-3-10(4-2-9)32-33(28,29)30-8-12-14(23)15(24)16(31-12)21-6-5-13(22)20-18(21)27/h1-6,11-12,14-16,23-24H,7-8,19H2,(H,25,26)(H,28,29)(H,20,22,27)/t11-,12+,14+,15+,16+/m0/s1. The summed E-state index contributed by atoms with van der Waals surface area (Å²) in [6, 6.07) is 5.48. The maximum atomic E-state index is 12.2. The SMILES string of the molecule is N[C@@H](Cc1ccc(OP(=O)(O)OC[C@H]2O[C@@H](n3ccc(=O)[nH]c3=O)[C@H](O)[C@@H]2O)cc1)C(=O)O. The number of carboxylic acid groups (broad SMARTS) is 1. The fourth-order valence-electron chi connectivity index (χ4n) is 3.08. The van der Waals surface area contributed by atoms with Gasteiger partial charge in [0.05, 0.1) is 6.61 Å². The molecule has 15 heteroatoms. The lowest BCUT2D eigenvalue weighted by Gasteiger charge is -2.18. The molecule has 180 valence electrons. The number of aliphatic carboxylic acids is 1. The van der Waals surface area contributed by atoms with E-state index in [1.54, 1.807) is 0 Å². The van der Waals surface area contributed by atoms with Gasteiger partial charge in [-0.2, -0.15) is 0 Å². The van der Waals surface area contributed by atoms with Crippen molar-refractivity contribution in [3.8, 4) is 5.75 Å². The van der Waals surface area contributed by atoms with Crippen molar-refractivity contribution in [3.05, 3.63) is 62.9 Å². The highest BCUT2D eigenvalue weighted by atomic mass is 31.2. The highest BCUT2D eigenvalue weighted by molar-refractivity contribution is 7.47. The second kappa shape index (κ2) is 9.97. The van der Waals surface area contributed by atoms with Gasteiger partial charge in [0, 0.05) is 12.3 Å². The zero-order valence-corrected chi connectivity index (χ0v) is 17.8. The highest BCUT2D eigenvalue weighted by Crippen LogP contribution is 2.44. The Balaban J connectivity index is 1.59. The number of nitrogens with zero attached hydrogens (tertiary/aromatic N) is 1. The Bertz CT molecular complexity index is 1150. The first-order chi connectivity index (χ1) is 15.5. The van der Waals surface area contributed by atoms with Crippen molar-refractivity contribution < 1.29 is 43.4 Å². The van der Waals surface area contributed by atoms with E-state index in [9.17, 15) is 34.1 Å². The third kappa shape index (κ3) is 6.15. The lowest BCUT2D eigenvalue weighted by Crippen LogP contribution is -2.37. The van der Waals surface area contributed by atoms with Gasteiger partial charge in [-0.05, 0) is 24.1 Å². The van der Waals surface area contributed by atoms with Crippen molar-refractivity contribution in [3.63, 3.8) is 0 Å². The van der Waals surface area contributed by atoms with E-state index in [0.29, 0.717) is 5.56 Å². The summed E-state index contributed by atoms with van der Waals surface area (Å²) < 4.78 is 28.2. The van der Waals surface area contributed by atoms with E-state index in [1.807, 2.05) is 4.98 Å². The maximum absolute atomic E-state index is 12.2. The third-order valence-corrected chi connectivity index (χ3v) is 5.70. The minimum absolute atomic E-state index is 0.0433. The van der Waals surface area contributed by atoms with Crippen LogP contribution in [0.2, 0.25) is 0 Å². The van der Waals surface area contributed by atoms with Crippen molar-refractivity contribution in [2.75, 3.05) is 6.61 Å². The fourth-order valence-corrected chi connectivity index (χ4v) is 3.86. The van der Waals surface area contributed by atoms with E-state index in [4.69, 9.17) is 24.6 Å². The van der Waals surface area contributed by atoms with Gasteiger partial charge in [0.2, 0.25) is 0 Å². The summed E-state index contributed by atoms with van der Waals surface area (Å²) in [5.74, 6) is -1.23. The topological polar surface area (TPSA) is 224 Å². The predicted molar refractivity (Wildman–Crippen MR) is 109 cm³/mol. The molecule has 1 aromatic heterocycles. The maximum Gasteiger partial charge on any atom is 0.527 e. The minimum Gasteiger partial charge on any atom is -0.480 e. The minimum atomic E-state index is -4.69. The molecule has 33 heavy (non-hydrogen) atoms. The number of nitrogens with two attached hydrogens (primary N) is 1. The number of carboxylic acids is 1. The van der Waals surface area contributed by atoms with Crippen LogP contribution in [0.25, 0.3) is 0 Å². The molecule has 0 aliphatic carbocycles. The first kappa shape index (κ1) is 24.8. The number of nitrogens with one attached hydrogen (secondary N) is 1. The number of hydrogen-bond acceptors (Lipinski definition) is 10. The van der Waals surface area contributed by atoms with E-state index in [1.165, 1.54) is 24.3 Å². The number of aromatic nitrogens is 2. The number of hydrogen-bond donors (Lipinski definition) is 6. The number of aliphatic hydroxyl groups excluding tert-OH is 2. The molecule has 1 unspecified atom stereocenters. The molecule has 6 atom stereocenters. The second-order valence-electron chi connectivity index (χ2n) is 7.21. The van der Waals surface area contributed by atoms with Crippen LogP contribution in [0.1, 0.15) is 11.8 Å². The number of H-pyrrole nitrogens is 1. The van der Waals surface area contributed by atoms with Gasteiger partial charge in [-0.25, -0.2) is 9.36 Å². The monoisotopic (exact) mass is 487 g/mol. The zero-order valence-electron chi connectivity index (χ0n) is 16.9. The summed E-state index contributed by atoms with van der Waals surface area (Å²) in [4.78, 5) is 45.8. The average Bonchev–Trinajstić information content (AvgIpc) is 3.02. The highest BCUT2D eigenvalue weighted by Gasteiger charge is 2.45. The van der Waals surface area contributed by atoms with Crippen molar-refractivity contribution in [2.24, 2.45) is 5.73 Å². The normalized spacial score (nSPS) is 25.3. The molecule has 0 saturated carbocycles. The summed E-state index contributed by atoms with van der Waals surface area (Å²) in [7, 11) is -4.69. The molecule has 1 aromatic carbocycles. The first-order valence-corrected chi connectivity index (χ1v) is 11.0. The smallest absolute Gasteiger partial charge is 0.480 e. The van der Waals surface area contributed by atoms with Gasteiger partial charge in [0.1, 0.15) is 30.1 Å². The van der Waals surface area contributed by atoms with E-state index in [2.05, 4.69) is 0 Å². The van der Waals surface area contributed by atoms with E-state index in [0.717, 1.165) is 16.8 Å². The number of phosphoric acid groups is 1. The van der Waals surface area contributed by atoms with Gasteiger partial charge < -0.3 is 30.3 Å². The van der Waals surface area contributed by atoms with Crippen LogP contribution in [0.3, 0.4) is 0 Å². The lowest BCUT2D eigenvalue weighted by atomic mass is 10.1. The van der Waals surface area contributed by atoms with Gasteiger partial charge in [-0.1, -0.05) is 12.1 Å². The summed E-state index contributed by atoms with van der Waals surface area (Å²) in [6.07, 6.45) is -4.73. The number of aromatic amines is 1. The Kier molecular flexibility index (Phi) is 7.49. The molecule has 0 bridgehead atoms. The fraction of sp³-hybridized carbons (Fsp3) is 0.389. The summed E-state index contributed by atoms with van der Waals surface area (Å²) in [5, 5.41) is 29.2. The average molecular weight is 487 g/mol. The van der Waals surface area contributed by atoms with Crippen LogP contribution in [0.4, 0.5) is 0 Å². The summed E-state index contributed by atoms with van der Waals surface area (Å²) in [6.45, 7) is -0.674. The number of phosphoric ester groups is 1. The Morgan fingerprint density at radius 3 is 2.48 bits per heavy atom. The van der Waals surface area contributed by atoms with Crippen LogP contribution >= 0.6 is 7.82 Å². The summed E-state index contributed by atoms with van der Waals surface area (Å²) in [5.41, 5.74) is 4.46. The van der Waals surface area contributed by atoms with Crippen LogP contribution in [0, 0.1) is 0 Å². The second-order valence-corrected chi connectivity index (χ2v) is 8.59. The molecule has 7 N–H and O–H groups in total. The largest absolute Gasteiger partial charge is 0.527 e. The van der Waals surface area contributed by atoms with E-state index in [-0.39, 0.29) is 12.2 Å². The zero-order chi connectivity index (χ0) is 24.3. The molecule has 14 nitrogen and oxygen atoms in total. The van der Waals surface area contributed by atoms with Crippen LogP contribution in [-0.4, -0.2) is 66.7 Å². The van der Waals surface area contributed by atoms with Crippen molar-refractivity contribution in [1.29, 1.82) is 0 Å². The van der Waals surface area contributed by atoms with Gasteiger partial charge in [0.25, 0.3) is 5.56 Å². The van der Waals surface area contributed by atoms with Crippen LogP contribution in [0.15, 0.2) is 46.1 Å². The van der Waals surface area contributed by atoms with Gasteiger partial charge in [0.15, 0.2) is 6.23 Å². The molecule has 0 spiro atoms.